The maximum atomic E-state index is 12.3. The van der Waals surface area contributed by atoms with Gasteiger partial charge in [-0.1, -0.05) is 0 Å². The lowest BCUT2D eigenvalue weighted by atomic mass is 9.89. The Morgan fingerprint density at radius 1 is 1.35 bits per heavy atom. The van der Waals surface area contributed by atoms with E-state index in [9.17, 15) is 9.59 Å². The van der Waals surface area contributed by atoms with Gasteiger partial charge < -0.3 is 20.5 Å². The van der Waals surface area contributed by atoms with E-state index in [1.54, 1.807) is 0 Å². The van der Waals surface area contributed by atoms with Gasteiger partial charge >= 0.3 is 5.97 Å². The Bertz CT molecular complexity index is 321. The summed E-state index contributed by atoms with van der Waals surface area (Å²) in [7, 11) is 0. The molecule has 2 rings (SSSR count). The molecule has 0 aromatic heterocycles. The second-order valence-electron chi connectivity index (χ2n) is 4.83. The van der Waals surface area contributed by atoms with Crippen molar-refractivity contribution < 1.29 is 19.4 Å². The number of carboxylic acid groups (broad SMARTS) is 1. The van der Waals surface area contributed by atoms with Crippen LogP contribution < -0.4 is 5.73 Å². The van der Waals surface area contributed by atoms with Gasteiger partial charge in [0.2, 0.25) is 5.91 Å². The predicted molar refractivity (Wildman–Crippen MR) is 59.3 cm³/mol. The minimum Gasteiger partial charge on any atom is -0.480 e. The van der Waals surface area contributed by atoms with E-state index in [-0.39, 0.29) is 18.5 Å². The molecule has 1 aliphatic heterocycles. The SMILES string of the molecule is NC1(C(=O)N(CC(=O)O)C2CC2)CCOCC1. The fourth-order valence-electron chi connectivity index (χ4n) is 2.13. The topological polar surface area (TPSA) is 92.9 Å². The molecular formula is C11H18N2O4. The Morgan fingerprint density at radius 3 is 2.41 bits per heavy atom. The van der Waals surface area contributed by atoms with Gasteiger partial charge in [0.05, 0.1) is 5.54 Å². The number of nitrogens with zero attached hydrogens (tertiary/aromatic N) is 1. The first-order chi connectivity index (χ1) is 8.03. The highest BCUT2D eigenvalue weighted by atomic mass is 16.5. The minimum absolute atomic E-state index is 0.0712. The molecule has 0 bridgehead atoms. The number of carboxylic acids is 1. The first-order valence-electron chi connectivity index (χ1n) is 5.92. The number of nitrogens with two attached hydrogens (primary N) is 1. The van der Waals surface area contributed by atoms with Gasteiger partial charge in [-0.05, 0) is 25.7 Å². The Morgan fingerprint density at radius 2 is 1.94 bits per heavy atom. The quantitative estimate of drug-likeness (QED) is 0.697. The summed E-state index contributed by atoms with van der Waals surface area (Å²) in [4.78, 5) is 24.5. The van der Waals surface area contributed by atoms with Gasteiger partial charge in [-0.3, -0.25) is 9.59 Å². The number of carbonyl (C=O) groups is 2. The highest BCUT2D eigenvalue weighted by Gasteiger charge is 2.44. The van der Waals surface area contributed by atoms with Crippen LogP contribution in [0.4, 0.5) is 0 Å². The summed E-state index contributed by atoms with van der Waals surface area (Å²) in [5, 5.41) is 8.83. The molecule has 96 valence electrons. The summed E-state index contributed by atoms with van der Waals surface area (Å²) in [6.07, 6.45) is 2.69. The third kappa shape index (κ3) is 2.76. The number of aliphatic carboxylic acids is 1. The van der Waals surface area contributed by atoms with Gasteiger partial charge in [0.25, 0.3) is 0 Å². The zero-order chi connectivity index (χ0) is 12.5. The van der Waals surface area contributed by atoms with Crippen molar-refractivity contribution in [1.29, 1.82) is 0 Å². The first kappa shape index (κ1) is 12.3. The van der Waals surface area contributed by atoms with E-state index >= 15 is 0 Å². The fourth-order valence-corrected chi connectivity index (χ4v) is 2.13. The first-order valence-corrected chi connectivity index (χ1v) is 5.92. The van der Waals surface area contributed by atoms with Crippen molar-refractivity contribution in [2.45, 2.75) is 37.3 Å². The number of carbonyl (C=O) groups excluding carboxylic acids is 1. The summed E-state index contributed by atoms with van der Waals surface area (Å²) in [5.74, 6) is -1.22. The average molecular weight is 242 g/mol. The molecule has 6 heteroatoms. The zero-order valence-electron chi connectivity index (χ0n) is 9.72. The van der Waals surface area contributed by atoms with Crippen LogP contribution in [-0.4, -0.2) is 53.2 Å². The molecule has 0 aromatic carbocycles. The number of rotatable bonds is 4. The molecule has 0 aromatic rings. The maximum absolute atomic E-state index is 12.3. The lowest BCUT2D eigenvalue weighted by Crippen LogP contribution is -2.59. The van der Waals surface area contributed by atoms with Crippen LogP contribution in [0.25, 0.3) is 0 Å². The third-order valence-electron chi connectivity index (χ3n) is 3.37. The molecule has 0 spiro atoms. The van der Waals surface area contributed by atoms with Crippen molar-refractivity contribution in [2.75, 3.05) is 19.8 Å². The molecule has 1 aliphatic carbocycles. The number of hydrogen-bond acceptors (Lipinski definition) is 4. The molecule has 1 saturated heterocycles. The molecule has 1 heterocycles. The summed E-state index contributed by atoms with van der Waals surface area (Å²) in [5.41, 5.74) is 5.15. The van der Waals surface area contributed by atoms with Gasteiger partial charge in [-0.25, -0.2) is 0 Å². The van der Waals surface area contributed by atoms with Crippen LogP contribution in [0.1, 0.15) is 25.7 Å². The van der Waals surface area contributed by atoms with Crippen molar-refractivity contribution in [1.82, 2.24) is 4.90 Å². The van der Waals surface area contributed by atoms with Crippen molar-refractivity contribution in [3.63, 3.8) is 0 Å². The zero-order valence-corrected chi connectivity index (χ0v) is 9.72. The van der Waals surface area contributed by atoms with Crippen molar-refractivity contribution in [3.05, 3.63) is 0 Å². The molecule has 3 N–H and O–H groups in total. The van der Waals surface area contributed by atoms with Crippen LogP contribution in [0.15, 0.2) is 0 Å². The number of amides is 1. The normalized spacial score (nSPS) is 23.1. The predicted octanol–water partition coefficient (Wildman–Crippen LogP) is -0.430. The Hall–Kier alpha value is -1.14. The van der Waals surface area contributed by atoms with Gasteiger partial charge in [-0.15, -0.1) is 0 Å². The Labute approximate surface area is 99.7 Å². The lowest BCUT2D eigenvalue weighted by molar-refractivity contribution is -0.149. The van der Waals surface area contributed by atoms with Gasteiger partial charge in [0, 0.05) is 19.3 Å². The van der Waals surface area contributed by atoms with E-state index in [0.29, 0.717) is 26.1 Å². The van der Waals surface area contributed by atoms with E-state index < -0.39 is 11.5 Å². The number of ether oxygens (including phenoxy) is 1. The van der Waals surface area contributed by atoms with Crippen LogP contribution in [0.2, 0.25) is 0 Å². The van der Waals surface area contributed by atoms with Crippen molar-refractivity contribution in [3.8, 4) is 0 Å². The molecule has 1 saturated carbocycles. The molecule has 0 atom stereocenters. The van der Waals surface area contributed by atoms with Crippen LogP contribution in [0.3, 0.4) is 0 Å². The third-order valence-corrected chi connectivity index (χ3v) is 3.37. The van der Waals surface area contributed by atoms with Crippen LogP contribution in [0, 0.1) is 0 Å². The molecule has 17 heavy (non-hydrogen) atoms. The average Bonchev–Trinajstić information content (AvgIpc) is 3.09. The Kier molecular flexibility index (Phi) is 3.35. The monoisotopic (exact) mass is 242 g/mol. The van der Waals surface area contributed by atoms with E-state index in [4.69, 9.17) is 15.6 Å². The highest BCUT2D eigenvalue weighted by Crippen LogP contribution is 2.30. The molecule has 1 amide bonds. The van der Waals surface area contributed by atoms with Gasteiger partial charge in [-0.2, -0.15) is 0 Å². The van der Waals surface area contributed by atoms with Crippen molar-refractivity contribution in [2.24, 2.45) is 5.73 Å². The maximum Gasteiger partial charge on any atom is 0.323 e. The highest BCUT2D eigenvalue weighted by molar-refractivity contribution is 5.89. The molecule has 0 radical (unpaired) electrons. The lowest BCUT2D eigenvalue weighted by Gasteiger charge is -2.36. The Balaban J connectivity index is 2.06. The van der Waals surface area contributed by atoms with E-state index in [1.807, 2.05) is 0 Å². The van der Waals surface area contributed by atoms with Gasteiger partial charge in [0.15, 0.2) is 0 Å². The second-order valence-corrected chi connectivity index (χ2v) is 4.83. The molecule has 2 fully saturated rings. The summed E-state index contributed by atoms with van der Waals surface area (Å²) >= 11 is 0. The molecule has 0 unspecified atom stereocenters. The minimum atomic E-state index is -0.985. The smallest absolute Gasteiger partial charge is 0.323 e. The summed E-state index contributed by atoms with van der Waals surface area (Å²) < 4.78 is 5.18. The van der Waals surface area contributed by atoms with Crippen molar-refractivity contribution >= 4 is 11.9 Å². The summed E-state index contributed by atoms with van der Waals surface area (Å²) in [6.45, 7) is 0.685. The molecular weight excluding hydrogens is 224 g/mol. The largest absolute Gasteiger partial charge is 0.480 e. The van der Waals surface area contributed by atoms with E-state index in [2.05, 4.69) is 0 Å². The van der Waals surface area contributed by atoms with Gasteiger partial charge in [0.1, 0.15) is 6.54 Å². The van der Waals surface area contributed by atoms with Crippen LogP contribution in [0.5, 0.6) is 0 Å². The van der Waals surface area contributed by atoms with E-state index in [0.717, 1.165) is 12.8 Å². The van der Waals surface area contributed by atoms with Crippen LogP contribution in [-0.2, 0) is 14.3 Å². The molecule has 2 aliphatic rings. The second kappa shape index (κ2) is 4.62. The molecule has 6 nitrogen and oxygen atoms in total. The van der Waals surface area contributed by atoms with E-state index in [1.165, 1.54) is 4.90 Å². The number of hydrogen-bond donors (Lipinski definition) is 2. The summed E-state index contributed by atoms with van der Waals surface area (Å²) in [6, 6.07) is 0.0712. The van der Waals surface area contributed by atoms with Crippen LogP contribution >= 0.6 is 0 Å². The fraction of sp³-hybridized carbons (Fsp3) is 0.818. The standard InChI is InChI=1S/C11H18N2O4/c12-11(3-5-17-6-4-11)10(16)13(7-9(14)15)8-1-2-8/h8H,1-7,12H2,(H,14,15).